The molecule has 0 bridgehead atoms. The standard InChI is InChI=1S/C26H35FN6O3/c1-17-6-7-21(27)18(2)23(17)33-10-8-20-22(15-33)28-25(36-16-19-5-4-9-30(19)3)29-24(20)31-11-13-32(14-12-31)26(34)35/h6-7,19H,4-5,8-16H2,1-3H3,(H,34,35)/t19-/m0/s1. The number of halogens is 1. The van der Waals surface area contributed by atoms with Gasteiger partial charge in [-0.15, -0.1) is 0 Å². The first-order valence-electron chi connectivity index (χ1n) is 12.8. The van der Waals surface area contributed by atoms with Gasteiger partial charge >= 0.3 is 12.1 Å². The third-order valence-corrected chi connectivity index (χ3v) is 7.83. The smallest absolute Gasteiger partial charge is 0.407 e. The topological polar surface area (TPSA) is 85.3 Å². The van der Waals surface area contributed by atoms with E-state index in [0.717, 1.165) is 60.7 Å². The highest BCUT2D eigenvalue weighted by Gasteiger charge is 2.30. The number of aryl methyl sites for hydroxylation is 1. The van der Waals surface area contributed by atoms with E-state index in [1.165, 1.54) is 11.0 Å². The number of fused-ring (bicyclic) bond motifs is 1. The number of anilines is 2. The van der Waals surface area contributed by atoms with Crippen LogP contribution in [0.25, 0.3) is 0 Å². The number of amides is 1. The number of hydrogen-bond acceptors (Lipinski definition) is 7. The van der Waals surface area contributed by atoms with E-state index >= 15 is 0 Å². The van der Waals surface area contributed by atoms with Crippen molar-refractivity contribution >= 4 is 17.6 Å². The molecule has 2 saturated heterocycles. The molecule has 1 atom stereocenters. The Hall–Kier alpha value is -3.14. The average Bonchev–Trinajstić information content (AvgIpc) is 3.29. The highest BCUT2D eigenvalue weighted by atomic mass is 19.1. The molecular formula is C26H35FN6O3. The van der Waals surface area contributed by atoms with E-state index in [4.69, 9.17) is 14.7 Å². The van der Waals surface area contributed by atoms with Crippen molar-refractivity contribution in [3.8, 4) is 6.01 Å². The summed E-state index contributed by atoms with van der Waals surface area (Å²) in [5, 5.41) is 9.35. The minimum absolute atomic E-state index is 0.203. The van der Waals surface area contributed by atoms with Crippen LogP contribution in [0.1, 0.15) is 35.2 Å². The molecule has 0 radical (unpaired) electrons. The molecule has 1 N–H and O–H groups in total. The van der Waals surface area contributed by atoms with E-state index in [0.29, 0.717) is 56.9 Å². The number of nitrogens with zero attached hydrogens (tertiary/aromatic N) is 6. The Morgan fingerprint density at radius 2 is 1.89 bits per heavy atom. The highest BCUT2D eigenvalue weighted by molar-refractivity contribution is 5.66. The number of aromatic nitrogens is 2. The lowest BCUT2D eigenvalue weighted by atomic mass is 10.0. The van der Waals surface area contributed by atoms with Gasteiger partial charge in [-0.3, -0.25) is 0 Å². The maximum atomic E-state index is 14.4. The predicted octanol–water partition coefficient (Wildman–Crippen LogP) is 3.07. The Kier molecular flexibility index (Phi) is 6.87. The van der Waals surface area contributed by atoms with Crippen molar-refractivity contribution in [1.29, 1.82) is 0 Å². The third kappa shape index (κ3) is 4.78. The van der Waals surface area contributed by atoms with E-state index in [1.807, 2.05) is 19.9 Å². The molecule has 9 nitrogen and oxygen atoms in total. The second kappa shape index (κ2) is 10.1. The quantitative estimate of drug-likeness (QED) is 0.673. The van der Waals surface area contributed by atoms with Crippen LogP contribution in [0.5, 0.6) is 6.01 Å². The molecule has 0 saturated carbocycles. The number of carbonyl (C=O) groups is 1. The fourth-order valence-corrected chi connectivity index (χ4v) is 5.67. The van der Waals surface area contributed by atoms with Crippen LogP contribution >= 0.6 is 0 Å². The molecule has 3 aliphatic heterocycles. The molecule has 194 valence electrons. The van der Waals surface area contributed by atoms with Gasteiger partial charge in [0.1, 0.15) is 18.2 Å². The Morgan fingerprint density at radius 1 is 1.11 bits per heavy atom. The summed E-state index contributed by atoms with van der Waals surface area (Å²) < 4.78 is 20.6. The maximum Gasteiger partial charge on any atom is 0.407 e. The lowest BCUT2D eigenvalue weighted by Crippen LogP contribution is -2.49. The minimum Gasteiger partial charge on any atom is -0.465 e. The Bertz CT molecular complexity index is 1140. The largest absolute Gasteiger partial charge is 0.465 e. The van der Waals surface area contributed by atoms with Gasteiger partial charge in [0, 0.05) is 55.6 Å². The van der Waals surface area contributed by atoms with Crippen LogP contribution in [0.3, 0.4) is 0 Å². The van der Waals surface area contributed by atoms with Crippen molar-refractivity contribution in [3.05, 3.63) is 40.3 Å². The fraction of sp³-hybridized carbons (Fsp3) is 0.577. The zero-order valence-electron chi connectivity index (χ0n) is 21.3. The third-order valence-electron chi connectivity index (χ3n) is 7.83. The lowest BCUT2D eigenvalue weighted by Gasteiger charge is -2.38. The molecule has 0 aliphatic carbocycles. The molecule has 2 fully saturated rings. The molecule has 1 aromatic heterocycles. The normalized spacial score (nSPS) is 20.6. The van der Waals surface area contributed by atoms with Crippen molar-refractivity contribution in [1.82, 2.24) is 19.8 Å². The zero-order valence-corrected chi connectivity index (χ0v) is 21.3. The Labute approximate surface area is 211 Å². The first kappa shape index (κ1) is 24.5. The van der Waals surface area contributed by atoms with Gasteiger partial charge in [0.2, 0.25) is 0 Å². The van der Waals surface area contributed by atoms with Gasteiger partial charge in [-0.25, -0.2) is 9.18 Å². The van der Waals surface area contributed by atoms with Crippen LogP contribution in [0.2, 0.25) is 0 Å². The minimum atomic E-state index is -0.888. The molecule has 5 rings (SSSR count). The molecule has 36 heavy (non-hydrogen) atoms. The molecular weight excluding hydrogens is 463 g/mol. The van der Waals surface area contributed by atoms with E-state index < -0.39 is 6.09 Å². The molecule has 1 aromatic carbocycles. The Balaban J connectivity index is 1.44. The van der Waals surface area contributed by atoms with Crippen molar-refractivity contribution in [3.63, 3.8) is 0 Å². The first-order valence-corrected chi connectivity index (χ1v) is 12.8. The molecule has 4 heterocycles. The molecule has 2 aromatic rings. The molecule has 0 spiro atoms. The van der Waals surface area contributed by atoms with E-state index in [-0.39, 0.29) is 5.82 Å². The molecule has 10 heteroatoms. The summed E-state index contributed by atoms with van der Waals surface area (Å²) in [5.74, 6) is 0.637. The molecule has 1 amide bonds. The number of likely N-dealkylation sites (N-methyl/N-ethyl adjacent to an activating group) is 1. The predicted molar refractivity (Wildman–Crippen MR) is 136 cm³/mol. The van der Waals surface area contributed by atoms with Crippen LogP contribution in [-0.4, -0.2) is 89.9 Å². The van der Waals surface area contributed by atoms with Crippen LogP contribution in [0, 0.1) is 19.7 Å². The zero-order chi connectivity index (χ0) is 25.4. The van der Waals surface area contributed by atoms with Crippen molar-refractivity contribution in [2.24, 2.45) is 0 Å². The summed E-state index contributed by atoms with van der Waals surface area (Å²) in [5.41, 5.74) is 4.58. The number of carboxylic acid groups (broad SMARTS) is 1. The summed E-state index contributed by atoms with van der Waals surface area (Å²) in [6.07, 6.45) is 2.10. The monoisotopic (exact) mass is 498 g/mol. The molecule has 3 aliphatic rings. The second-order valence-corrected chi connectivity index (χ2v) is 10.1. The Morgan fingerprint density at radius 3 is 2.58 bits per heavy atom. The van der Waals surface area contributed by atoms with Crippen LogP contribution in [0.4, 0.5) is 20.7 Å². The average molecular weight is 499 g/mol. The number of piperazine rings is 1. The fourth-order valence-electron chi connectivity index (χ4n) is 5.67. The first-order chi connectivity index (χ1) is 17.3. The number of rotatable bonds is 5. The van der Waals surface area contributed by atoms with Gasteiger partial charge in [0.15, 0.2) is 0 Å². The van der Waals surface area contributed by atoms with Gasteiger partial charge in [-0.2, -0.15) is 9.97 Å². The van der Waals surface area contributed by atoms with Crippen molar-refractivity contribution in [2.45, 2.75) is 45.7 Å². The summed E-state index contributed by atoms with van der Waals surface area (Å²) in [7, 11) is 2.11. The molecule has 0 unspecified atom stereocenters. The summed E-state index contributed by atoms with van der Waals surface area (Å²) >= 11 is 0. The summed E-state index contributed by atoms with van der Waals surface area (Å²) in [6.45, 7) is 8.74. The van der Waals surface area contributed by atoms with E-state index in [2.05, 4.69) is 21.7 Å². The van der Waals surface area contributed by atoms with Crippen LogP contribution in [0.15, 0.2) is 12.1 Å². The SMILES string of the molecule is Cc1ccc(F)c(C)c1N1CCc2c(nc(OC[C@@H]3CCCN3C)nc2N2CCN(C(=O)O)CC2)C1. The maximum absolute atomic E-state index is 14.4. The summed E-state index contributed by atoms with van der Waals surface area (Å²) in [4.78, 5) is 29.2. The number of likely N-dealkylation sites (tertiary alicyclic amines) is 1. The van der Waals surface area contributed by atoms with E-state index in [1.54, 1.807) is 0 Å². The van der Waals surface area contributed by atoms with Gasteiger partial charge in [-0.1, -0.05) is 6.07 Å². The van der Waals surface area contributed by atoms with E-state index in [9.17, 15) is 14.3 Å². The number of ether oxygens (including phenoxy) is 1. The van der Waals surface area contributed by atoms with Crippen LogP contribution < -0.4 is 14.5 Å². The van der Waals surface area contributed by atoms with Crippen LogP contribution in [-0.2, 0) is 13.0 Å². The van der Waals surface area contributed by atoms with Gasteiger partial charge < -0.3 is 29.4 Å². The van der Waals surface area contributed by atoms with Crippen molar-refractivity contribution in [2.75, 3.05) is 62.7 Å². The lowest BCUT2D eigenvalue weighted by molar-refractivity contribution is 0.142. The second-order valence-electron chi connectivity index (χ2n) is 10.1. The highest BCUT2D eigenvalue weighted by Crippen LogP contribution is 2.34. The summed E-state index contributed by atoms with van der Waals surface area (Å²) in [6, 6.07) is 4.06. The van der Waals surface area contributed by atoms with Crippen molar-refractivity contribution < 1.29 is 19.0 Å². The van der Waals surface area contributed by atoms with Gasteiger partial charge in [0.05, 0.1) is 12.2 Å². The number of benzene rings is 1. The van der Waals surface area contributed by atoms with Gasteiger partial charge in [0.25, 0.3) is 0 Å². The van der Waals surface area contributed by atoms with Gasteiger partial charge in [-0.05, 0) is 58.3 Å². The number of hydrogen-bond donors (Lipinski definition) is 1.